The van der Waals surface area contributed by atoms with Gasteiger partial charge in [0.1, 0.15) is 11.5 Å². The van der Waals surface area contributed by atoms with E-state index in [1.807, 2.05) is 24.3 Å². The Morgan fingerprint density at radius 3 is 2.76 bits per heavy atom. The summed E-state index contributed by atoms with van der Waals surface area (Å²) in [6.45, 7) is 5.62. The fraction of sp³-hybridized carbons (Fsp3) is 0.435. The Morgan fingerprint density at radius 2 is 2.00 bits per heavy atom. The van der Waals surface area contributed by atoms with Crippen LogP contribution in [-0.4, -0.2) is 50.4 Å². The highest BCUT2D eigenvalue weighted by molar-refractivity contribution is 5.80. The van der Waals surface area contributed by atoms with Crippen LogP contribution < -0.4 is 20.3 Å². The Kier molecular flexibility index (Phi) is 7.61. The van der Waals surface area contributed by atoms with Gasteiger partial charge in [0.15, 0.2) is 5.96 Å². The number of nitrogens with one attached hydrogen (secondary N) is 2. The van der Waals surface area contributed by atoms with Gasteiger partial charge in [-0.25, -0.2) is 0 Å². The number of phenolic OH excluding ortho intramolecular Hbond substituents is 1. The van der Waals surface area contributed by atoms with Crippen LogP contribution >= 0.6 is 0 Å². The van der Waals surface area contributed by atoms with Gasteiger partial charge in [-0.2, -0.15) is 0 Å². The van der Waals surface area contributed by atoms with E-state index >= 15 is 0 Å². The number of methoxy groups -OCH3 is 1. The molecule has 0 bridgehead atoms. The van der Waals surface area contributed by atoms with Crippen molar-refractivity contribution in [2.75, 3.05) is 38.2 Å². The molecule has 1 atom stereocenters. The van der Waals surface area contributed by atoms with Crippen molar-refractivity contribution in [3.8, 4) is 11.5 Å². The third kappa shape index (κ3) is 6.04. The van der Waals surface area contributed by atoms with Gasteiger partial charge in [-0.15, -0.1) is 0 Å². The SMILES string of the molecule is CCNC(=NCCCc1ccc(O)cc1)NC1CCN(c2ccccc2OC)C1. The molecule has 1 unspecified atom stereocenters. The lowest BCUT2D eigenvalue weighted by atomic mass is 10.1. The highest BCUT2D eigenvalue weighted by Gasteiger charge is 2.25. The van der Waals surface area contributed by atoms with Gasteiger partial charge in [0.25, 0.3) is 0 Å². The van der Waals surface area contributed by atoms with Gasteiger partial charge < -0.3 is 25.4 Å². The maximum atomic E-state index is 9.37. The fourth-order valence-electron chi connectivity index (χ4n) is 3.64. The summed E-state index contributed by atoms with van der Waals surface area (Å²) in [4.78, 5) is 7.11. The fourth-order valence-corrected chi connectivity index (χ4v) is 3.64. The summed E-state index contributed by atoms with van der Waals surface area (Å²) >= 11 is 0. The molecule has 156 valence electrons. The van der Waals surface area contributed by atoms with Crippen molar-refractivity contribution in [2.45, 2.75) is 32.2 Å². The van der Waals surface area contributed by atoms with Crippen molar-refractivity contribution < 1.29 is 9.84 Å². The number of aliphatic imine (C=N–C) groups is 1. The zero-order valence-electron chi connectivity index (χ0n) is 17.4. The Hall–Kier alpha value is -2.89. The number of nitrogens with zero attached hydrogens (tertiary/aromatic N) is 2. The van der Waals surface area contributed by atoms with E-state index in [1.54, 1.807) is 19.2 Å². The van der Waals surface area contributed by atoms with Crippen LogP contribution in [0.1, 0.15) is 25.3 Å². The van der Waals surface area contributed by atoms with Crippen LogP contribution in [0.4, 0.5) is 5.69 Å². The van der Waals surface area contributed by atoms with Crippen molar-refractivity contribution in [3.05, 3.63) is 54.1 Å². The van der Waals surface area contributed by atoms with Gasteiger partial charge in [-0.1, -0.05) is 24.3 Å². The molecule has 29 heavy (non-hydrogen) atoms. The molecule has 0 radical (unpaired) electrons. The molecule has 0 amide bonds. The molecule has 1 heterocycles. The van der Waals surface area contributed by atoms with E-state index in [1.165, 1.54) is 5.56 Å². The first-order valence-corrected chi connectivity index (χ1v) is 10.4. The van der Waals surface area contributed by atoms with E-state index in [9.17, 15) is 5.11 Å². The molecule has 0 spiro atoms. The maximum absolute atomic E-state index is 9.37. The van der Waals surface area contributed by atoms with Crippen LogP contribution in [0.15, 0.2) is 53.5 Å². The Morgan fingerprint density at radius 1 is 1.21 bits per heavy atom. The Bertz CT molecular complexity index is 792. The molecule has 6 heteroatoms. The average molecular weight is 397 g/mol. The standard InChI is InChI=1S/C23H32N4O2/c1-3-24-23(25-15-6-7-18-10-12-20(28)13-11-18)26-19-14-16-27(17-19)21-8-4-5-9-22(21)29-2/h4-5,8-13,19,28H,3,6-7,14-17H2,1-2H3,(H2,24,25,26). The number of benzene rings is 2. The number of aryl methyl sites for hydroxylation is 1. The van der Waals surface area contributed by atoms with Crippen LogP contribution in [0, 0.1) is 0 Å². The van der Waals surface area contributed by atoms with Crippen molar-refractivity contribution in [1.29, 1.82) is 0 Å². The van der Waals surface area contributed by atoms with Crippen LogP contribution in [0.3, 0.4) is 0 Å². The first kappa shape index (κ1) is 20.8. The molecule has 2 aromatic carbocycles. The summed E-state index contributed by atoms with van der Waals surface area (Å²) in [6, 6.07) is 15.9. The Labute approximate surface area is 173 Å². The second-order valence-corrected chi connectivity index (χ2v) is 7.28. The second kappa shape index (κ2) is 10.6. The lowest BCUT2D eigenvalue weighted by molar-refractivity contribution is 0.415. The zero-order chi connectivity index (χ0) is 20.5. The number of aromatic hydroxyl groups is 1. The molecular weight excluding hydrogens is 364 g/mol. The van der Waals surface area contributed by atoms with E-state index in [4.69, 9.17) is 9.73 Å². The normalized spacial score (nSPS) is 16.7. The van der Waals surface area contributed by atoms with Crippen LogP contribution in [0.5, 0.6) is 11.5 Å². The smallest absolute Gasteiger partial charge is 0.191 e. The van der Waals surface area contributed by atoms with Crippen molar-refractivity contribution in [3.63, 3.8) is 0 Å². The van der Waals surface area contributed by atoms with Gasteiger partial charge >= 0.3 is 0 Å². The first-order valence-electron chi connectivity index (χ1n) is 10.4. The number of hydrogen-bond donors (Lipinski definition) is 3. The number of ether oxygens (including phenoxy) is 1. The highest BCUT2D eigenvalue weighted by atomic mass is 16.5. The highest BCUT2D eigenvalue weighted by Crippen LogP contribution is 2.30. The summed E-state index contributed by atoms with van der Waals surface area (Å²) in [5.41, 5.74) is 2.37. The molecule has 1 aliphatic heterocycles. The van der Waals surface area contributed by atoms with E-state index in [0.717, 1.165) is 62.8 Å². The average Bonchev–Trinajstić information content (AvgIpc) is 3.21. The minimum atomic E-state index is 0.309. The Balaban J connectivity index is 1.50. The van der Waals surface area contributed by atoms with E-state index in [0.29, 0.717) is 11.8 Å². The first-order chi connectivity index (χ1) is 14.2. The molecule has 1 fully saturated rings. The zero-order valence-corrected chi connectivity index (χ0v) is 17.4. The molecule has 6 nitrogen and oxygen atoms in total. The van der Waals surface area contributed by atoms with Gasteiger partial charge in [-0.3, -0.25) is 4.99 Å². The predicted octanol–water partition coefficient (Wildman–Crippen LogP) is 3.17. The molecule has 3 rings (SSSR count). The van der Waals surface area contributed by atoms with E-state index in [2.05, 4.69) is 34.6 Å². The summed E-state index contributed by atoms with van der Waals surface area (Å²) < 4.78 is 5.51. The monoisotopic (exact) mass is 396 g/mol. The van der Waals surface area contributed by atoms with E-state index < -0.39 is 0 Å². The quantitative estimate of drug-likeness (QED) is 0.363. The molecule has 1 aliphatic rings. The number of para-hydroxylation sites is 2. The third-order valence-corrected chi connectivity index (χ3v) is 5.13. The largest absolute Gasteiger partial charge is 0.508 e. The lowest BCUT2D eigenvalue weighted by Gasteiger charge is -2.22. The topological polar surface area (TPSA) is 69.1 Å². The predicted molar refractivity (Wildman–Crippen MR) is 119 cm³/mol. The maximum Gasteiger partial charge on any atom is 0.191 e. The van der Waals surface area contributed by atoms with Gasteiger partial charge in [0, 0.05) is 32.2 Å². The number of phenols is 1. The second-order valence-electron chi connectivity index (χ2n) is 7.28. The molecule has 0 aromatic heterocycles. The minimum Gasteiger partial charge on any atom is -0.508 e. The molecule has 2 aromatic rings. The van der Waals surface area contributed by atoms with Gasteiger partial charge in [0.2, 0.25) is 0 Å². The van der Waals surface area contributed by atoms with Crippen molar-refractivity contribution in [1.82, 2.24) is 10.6 Å². The van der Waals surface area contributed by atoms with Gasteiger partial charge in [-0.05, 0) is 56.0 Å². The molecular formula is C23H32N4O2. The lowest BCUT2D eigenvalue weighted by Crippen LogP contribution is -2.44. The third-order valence-electron chi connectivity index (χ3n) is 5.13. The molecule has 3 N–H and O–H groups in total. The van der Waals surface area contributed by atoms with E-state index in [-0.39, 0.29) is 0 Å². The van der Waals surface area contributed by atoms with Gasteiger partial charge in [0.05, 0.1) is 12.8 Å². The molecule has 0 aliphatic carbocycles. The summed E-state index contributed by atoms with van der Waals surface area (Å²) in [5.74, 6) is 2.11. The van der Waals surface area contributed by atoms with Crippen LogP contribution in [0.25, 0.3) is 0 Å². The van der Waals surface area contributed by atoms with Crippen molar-refractivity contribution in [2.24, 2.45) is 4.99 Å². The van der Waals surface area contributed by atoms with Crippen LogP contribution in [-0.2, 0) is 6.42 Å². The number of guanidine groups is 1. The number of hydrogen-bond acceptors (Lipinski definition) is 4. The molecule has 1 saturated heterocycles. The number of rotatable bonds is 8. The summed E-state index contributed by atoms with van der Waals surface area (Å²) in [5, 5.41) is 16.3. The van der Waals surface area contributed by atoms with Crippen molar-refractivity contribution >= 4 is 11.6 Å². The number of anilines is 1. The van der Waals surface area contributed by atoms with Crippen LogP contribution in [0.2, 0.25) is 0 Å². The molecule has 0 saturated carbocycles. The summed E-state index contributed by atoms with van der Waals surface area (Å²) in [6.07, 6.45) is 2.99. The summed E-state index contributed by atoms with van der Waals surface area (Å²) in [7, 11) is 1.72. The minimum absolute atomic E-state index is 0.309.